The number of pyridine rings is 1. The molecule has 2 rings (SSSR count). The molecule has 31 heavy (non-hydrogen) atoms. The predicted molar refractivity (Wildman–Crippen MR) is 132 cm³/mol. The van der Waals surface area contributed by atoms with E-state index < -0.39 is 0 Å². The average Bonchev–Trinajstić information content (AvgIpc) is 3.14. The van der Waals surface area contributed by atoms with Crippen molar-refractivity contribution in [1.82, 2.24) is 30.1 Å². The van der Waals surface area contributed by atoms with Crippen LogP contribution in [0.5, 0.6) is 0 Å². The Bertz CT molecular complexity index is 820. The van der Waals surface area contributed by atoms with Gasteiger partial charge < -0.3 is 30.6 Å². The van der Waals surface area contributed by atoms with Crippen molar-refractivity contribution >= 4 is 34.2 Å². The molecular weight excluding hydrogens is 410 g/mol. The third kappa shape index (κ3) is 7.59. The number of ether oxygens (including phenoxy) is 1. The van der Waals surface area contributed by atoms with E-state index >= 15 is 0 Å². The van der Waals surface area contributed by atoms with Gasteiger partial charge in [0.2, 0.25) is 0 Å². The van der Waals surface area contributed by atoms with E-state index in [2.05, 4.69) is 38.9 Å². The SMILES string of the molecule is CCOCc1nc2c(N)ncc(C)c2n1CCCCNC(=S)NCCCN(CC)CC. The van der Waals surface area contributed by atoms with Crippen LogP contribution in [0, 0.1) is 6.92 Å². The monoisotopic (exact) mass is 449 g/mol. The molecule has 2 aromatic heterocycles. The second kappa shape index (κ2) is 13.4. The Kier molecular flexibility index (Phi) is 11.0. The van der Waals surface area contributed by atoms with Crippen LogP contribution in [0.1, 0.15) is 51.4 Å². The molecule has 0 aliphatic carbocycles. The quantitative estimate of drug-likeness (QED) is 0.299. The Labute approximate surface area is 191 Å². The van der Waals surface area contributed by atoms with Gasteiger partial charge in [-0.05, 0) is 70.5 Å². The molecule has 0 saturated carbocycles. The first-order chi connectivity index (χ1) is 15.0. The van der Waals surface area contributed by atoms with Gasteiger partial charge in [-0.3, -0.25) is 0 Å². The van der Waals surface area contributed by atoms with Crippen molar-refractivity contribution in [3.8, 4) is 0 Å². The van der Waals surface area contributed by atoms with Crippen LogP contribution in [0.4, 0.5) is 5.82 Å². The van der Waals surface area contributed by atoms with Crippen LogP contribution < -0.4 is 16.4 Å². The fraction of sp³-hybridized carbons (Fsp3) is 0.682. The summed E-state index contributed by atoms with van der Waals surface area (Å²) in [6.07, 6.45) is 4.92. The zero-order chi connectivity index (χ0) is 22.6. The lowest BCUT2D eigenvalue weighted by Gasteiger charge is -2.18. The van der Waals surface area contributed by atoms with Crippen LogP contribution in [0.2, 0.25) is 0 Å². The molecule has 2 heterocycles. The molecule has 0 bridgehead atoms. The van der Waals surface area contributed by atoms with Crippen molar-refractivity contribution in [1.29, 1.82) is 0 Å². The number of thiocarbonyl (C=S) groups is 1. The average molecular weight is 450 g/mol. The van der Waals surface area contributed by atoms with Gasteiger partial charge in [-0.15, -0.1) is 0 Å². The summed E-state index contributed by atoms with van der Waals surface area (Å²) in [7, 11) is 0. The highest BCUT2D eigenvalue weighted by atomic mass is 32.1. The minimum Gasteiger partial charge on any atom is -0.382 e. The van der Waals surface area contributed by atoms with E-state index in [1.54, 1.807) is 0 Å². The standard InChI is InChI=1S/C22H39N7OS/c1-5-28(6-2)13-10-12-25-22(31)24-11-8-9-14-29-18(16-30-7-3)27-19-20(29)17(4)15-26-21(19)23/h15H,5-14,16H2,1-4H3,(H2,23,26)(H2,24,25,31). The summed E-state index contributed by atoms with van der Waals surface area (Å²) in [5.74, 6) is 1.37. The fourth-order valence-corrected chi connectivity index (χ4v) is 3.82. The minimum absolute atomic E-state index is 0.469. The second-order valence-corrected chi connectivity index (χ2v) is 8.02. The van der Waals surface area contributed by atoms with Crippen molar-refractivity contribution in [2.45, 2.75) is 60.1 Å². The maximum absolute atomic E-state index is 6.07. The largest absolute Gasteiger partial charge is 0.382 e. The van der Waals surface area contributed by atoms with Gasteiger partial charge in [0.25, 0.3) is 0 Å². The third-order valence-corrected chi connectivity index (χ3v) is 5.71. The summed E-state index contributed by atoms with van der Waals surface area (Å²) >= 11 is 5.39. The number of hydrogen-bond donors (Lipinski definition) is 3. The number of nitrogen functional groups attached to an aromatic ring is 1. The molecule has 0 unspecified atom stereocenters. The van der Waals surface area contributed by atoms with Gasteiger partial charge in [-0.25, -0.2) is 9.97 Å². The van der Waals surface area contributed by atoms with Crippen LogP contribution in [0.15, 0.2) is 6.20 Å². The highest BCUT2D eigenvalue weighted by Gasteiger charge is 2.15. The van der Waals surface area contributed by atoms with E-state index in [0.29, 0.717) is 19.0 Å². The molecule has 0 aromatic carbocycles. The molecule has 0 spiro atoms. The summed E-state index contributed by atoms with van der Waals surface area (Å²) < 4.78 is 7.84. The maximum atomic E-state index is 6.07. The summed E-state index contributed by atoms with van der Waals surface area (Å²) in [4.78, 5) is 11.4. The molecule has 0 fully saturated rings. The van der Waals surface area contributed by atoms with E-state index in [1.165, 1.54) is 0 Å². The first-order valence-electron chi connectivity index (χ1n) is 11.4. The number of rotatable bonds is 14. The topological polar surface area (TPSA) is 93.3 Å². The zero-order valence-electron chi connectivity index (χ0n) is 19.5. The van der Waals surface area contributed by atoms with Crippen molar-refractivity contribution in [3.63, 3.8) is 0 Å². The van der Waals surface area contributed by atoms with E-state index in [4.69, 9.17) is 27.7 Å². The first-order valence-corrected chi connectivity index (χ1v) is 11.8. The number of unbranched alkanes of at least 4 members (excludes halogenated alkanes) is 1. The van der Waals surface area contributed by atoms with Gasteiger partial charge in [0.15, 0.2) is 10.9 Å². The second-order valence-electron chi connectivity index (χ2n) is 7.61. The van der Waals surface area contributed by atoms with E-state index in [0.717, 1.165) is 86.1 Å². The molecule has 0 atom stereocenters. The number of nitrogens with one attached hydrogen (secondary N) is 2. The van der Waals surface area contributed by atoms with Crippen molar-refractivity contribution < 1.29 is 4.74 Å². The number of aryl methyl sites for hydroxylation is 2. The third-order valence-electron chi connectivity index (χ3n) is 5.42. The smallest absolute Gasteiger partial charge is 0.166 e. The number of nitrogens with zero attached hydrogens (tertiary/aromatic N) is 4. The molecule has 4 N–H and O–H groups in total. The minimum atomic E-state index is 0.469. The van der Waals surface area contributed by atoms with E-state index in [1.807, 2.05) is 20.0 Å². The molecule has 8 nitrogen and oxygen atoms in total. The lowest BCUT2D eigenvalue weighted by atomic mass is 10.2. The van der Waals surface area contributed by atoms with Gasteiger partial charge in [0.05, 0.1) is 5.52 Å². The molecular formula is C22H39N7OS. The predicted octanol–water partition coefficient (Wildman–Crippen LogP) is 2.83. The molecule has 0 aliphatic heterocycles. The molecule has 9 heteroatoms. The first kappa shape index (κ1) is 25.3. The maximum Gasteiger partial charge on any atom is 0.166 e. The van der Waals surface area contributed by atoms with Crippen molar-refractivity contribution in [2.24, 2.45) is 0 Å². The zero-order valence-corrected chi connectivity index (χ0v) is 20.4. The molecule has 174 valence electrons. The van der Waals surface area contributed by atoms with Gasteiger partial charge in [0, 0.05) is 32.4 Å². The Morgan fingerprint density at radius 2 is 1.87 bits per heavy atom. The van der Waals surface area contributed by atoms with Crippen molar-refractivity contribution in [3.05, 3.63) is 17.6 Å². The molecule has 0 radical (unpaired) electrons. The summed E-state index contributed by atoms with van der Waals surface area (Å²) in [6, 6.07) is 0. The van der Waals surface area contributed by atoms with Crippen LogP contribution >= 0.6 is 12.2 Å². The number of imidazole rings is 1. The number of fused-ring (bicyclic) bond motifs is 1. The van der Waals surface area contributed by atoms with Crippen LogP contribution in [0.25, 0.3) is 11.0 Å². The van der Waals surface area contributed by atoms with Crippen LogP contribution in [-0.2, 0) is 17.9 Å². The molecule has 0 saturated heterocycles. The lowest BCUT2D eigenvalue weighted by Crippen LogP contribution is -2.37. The molecule has 0 amide bonds. The van der Waals surface area contributed by atoms with Gasteiger partial charge in [-0.1, -0.05) is 13.8 Å². The van der Waals surface area contributed by atoms with Gasteiger partial charge in [0.1, 0.15) is 17.9 Å². The molecule has 2 aromatic rings. The Hall–Kier alpha value is -1.97. The Balaban J connectivity index is 1.79. The number of anilines is 1. The normalized spacial score (nSPS) is 11.4. The van der Waals surface area contributed by atoms with Gasteiger partial charge >= 0.3 is 0 Å². The Morgan fingerprint density at radius 1 is 1.16 bits per heavy atom. The summed E-state index contributed by atoms with van der Waals surface area (Å²) in [5.41, 5.74) is 8.97. The Morgan fingerprint density at radius 3 is 2.55 bits per heavy atom. The van der Waals surface area contributed by atoms with E-state index in [9.17, 15) is 0 Å². The highest BCUT2D eigenvalue weighted by Crippen LogP contribution is 2.24. The van der Waals surface area contributed by atoms with Crippen LogP contribution in [-0.4, -0.2) is 63.9 Å². The van der Waals surface area contributed by atoms with Crippen molar-refractivity contribution in [2.75, 3.05) is 45.1 Å². The summed E-state index contributed by atoms with van der Waals surface area (Å²) in [6.45, 7) is 15.5. The fourth-order valence-electron chi connectivity index (χ4n) is 3.61. The van der Waals surface area contributed by atoms with E-state index in [-0.39, 0.29) is 0 Å². The van der Waals surface area contributed by atoms with Gasteiger partial charge in [-0.2, -0.15) is 0 Å². The number of aromatic nitrogens is 3. The lowest BCUT2D eigenvalue weighted by molar-refractivity contribution is 0.126. The number of hydrogen-bond acceptors (Lipinski definition) is 6. The highest BCUT2D eigenvalue weighted by molar-refractivity contribution is 7.80. The summed E-state index contributed by atoms with van der Waals surface area (Å²) in [5, 5.41) is 7.35. The molecule has 0 aliphatic rings. The van der Waals surface area contributed by atoms with Crippen LogP contribution in [0.3, 0.4) is 0 Å². The number of nitrogens with two attached hydrogens (primary N) is 1.